The minimum Gasteiger partial charge on any atom is -0.462 e. The lowest BCUT2D eigenvalue weighted by atomic mass is 9.85. The Labute approximate surface area is 375 Å². The molecule has 1 saturated carbocycles. The Balaban J connectivity index is 2.58. The fourth-order valence-corrected chi connectivity index (χ4v) is 6.74. The summed E-state index contributed by atoms with van der Waals surface area (Å²) >= 11 is 0. The van der Waals surface area contributed by atoms with Crippen LogP contribution in [0.5, 0.6) is 0 Å². The molecular weight excluding hydrogens is 828 g/mol. The SMILES string of the molecule is CC/C=C\C/C=C\C/C=C\C/C=C\C/C=C\C/C=C\CCC(=O)OC(COC(=O)CCCC/C=C\C/C=C\C/C=C\C/C=C\CC)COP(=O)(O)OC1C(O)C(O)C(O)C(O)C1O. The van der Waals surface area contributed by atoms with Gasteiger partial charge in [-0.3, -0.25) is 18.6 Å². The van der Waals surface area contributed by atoms with Gasteiger partial charge in [-0.05, 0) is 89.9 Å². The molecule has 0 amide bonds. The lowest BCUT2D eigenvalue weighted by Gasteiger charge is -2.41. The quantitative estimate of drug-likeness (QED) is 0.0155. The predicted molar refractivity (Wildman–Crippen MR) is 248 cm³/mol. The van der Waals surface area contributed by atoms with E-state index in [1.807, 2.05) is 18.2 Å². The van der Waals surface area contributed by atoms with E-state index in [-0.39, 0.29) is 12.8 Å². The number of aliphatic hydroxyl groups excluding tert-OH is 5. The summed E-state index contributed by atoms with van der Waals surface area (Å²) in [5.74, 6) is -1.26. The van der Waals surface area contributed by atoms with Crippen LogP contribution < -0.4 is 0 Å². The van der Waals surface area contributed by atoms with Gasteiger partial charge >= 0.3 is 19.8 Å². The van der Waals surface area contributed by atoms with Crippen LogP contribution in [0.4, 0.5) is 0 Å². The minimum absolute atomic E-state index is 0.0459. The molecule has 0 spiro atoms. The van der Waals surface area contributed by atoms with E-state index in [0.29, 0.717) is 19.3 Å². The summed E-state index contributed by atoms with van der Waals surface area (Å²) < 4.78 is 33.4. The molecule has 1 aliphatic rings. The fourth-order valence-electron chi connectivity index (χ4n) is 5.77. The van der Waals surface area contributed by atoms with Crippen LogP contribution in [0.2, 0.25) is 0 Å². The maximum Gasteiger partial charge on any atom is 0.472 e. The minimum atomic E-state index is -5.16. The third kappa shape index (κ3) is 30.1. The summed E-state index contributed by atoms with van der Waals surface area (Å²) in [7, 11) is -5.16. The zero-order valence-corrected chi connectivity index (χ0v) is 38.2. The molecule has 63 heavy (non-hydrogen) atoms. The molecule has 354 valence electrons. The first-order valence-corrected chi connectivity index (χ1v) is 23.8. The number of rotatable bonds is 34. The van der Waals surface area contributed by atoms with Crippen LogP contribution in [0.1, 0.15) is 117 Å². The second-order valence-corrected chi connectivity index (χ2v) is 16.2. The molecule has 0 aromatic carbocycles. The van der Waals surface area contributed by atoms with Gasteiger partial charge in [-0.15, -0.1) is 0 Å². The van der Waals surface area contributed by atoms with Crippen molar-refractivity contribution in [1.82, 2.24) is 0 Å². The number of carbonyl (C=O) groups is 2. The van der Waals surface area contributed by atoms with Crippen molar-refractivity contribution in [3.05, 3.63) is 122 Å². The van der Waals surface area contributed by atoms with Crippen molar-refractivity contribution in [2.24, 2.45) is 0 Å². The predicted octanol–water partition coefficient (Wildman–Crippen LogP) is 8.61. The number of unbranched alkanes of at least 4 members (excludes halogenated alkanes) is 2. The molecule has 1 fully saturated rings. The number of aliphatic hydroxyl groups is 5. The molecule has 6 unspecified atom stereocenters. The van der Waals surface area contributed by atoms with E-state index in [0.717, 1.165) is 70.6 Å². The standard InChI is InChI=1S/C49H75O13P/c1-3-5-7-9-11-13-15-17-19-20-21-22-24-26-28-30-32-34-36-38-43(51)61-41(40-60-63(57,58)62-49-47(55)45(53)44(52)46(54)48(49)56)39-59-42(50)37-35-33-31-29-27-25-23-18-16-14-12-10-8-6-4-2/h5-8,11-14,17-19,21-23,26-29,32,34,41,44-49,52-56H,3-4,9-10,15-16,20,24-25,30-31,33,35-40H2,1-2H3,(H,57,58)/b7-5-,8-6-,13-11-,14-12-,19-17-,22-21-,23-18-,28-26-,29-27-,34-32-. The maximum absolute atomic E-state index is 12.8. The fraction of sp³-hybridized carbons (Fsp3) is 0.551. The third-order valence-corrected chi connectivity index (χ3v) is 10.3. The van der Waals surface area contributed by atoms with Crippen LogP contribution in [0, 0.1) is 0 Å². The maximum atomic E-state index is 12.8. The highest BCUT2D eigenvalue weighted by molar-refractivity contribution is 7.47. The largest absolute Gasteiger partial charge is 0.472 e. The average Bonchev–Trinajstić information content (AvgIpc) is 3.26. The molecule has 0 bridgehead atoms. The van der Waals surface area contributed by atoms with Gasteiger partial charge in [0.2, 0.25) is 0 Å². The van der Waals surface area contributed by atoms with Gasteiger partial charge in [0.25, 0.3) is 0 Å². The van der Waals surface area contributed by atoms with Crippen molar-refractivity contribution in [3.63, 3.8) is 0 Å². The Morgan fingerprint density at radius 3 is 1.30 bits per heavy atom. The van der Waals surface area contributed by atoms with Crippen molar-refractivity contribution in [2.45, 2.75) is 159 Å². The number of phosphoric acid groups is 1. The number of ether oxygens (including phenoxy) is 2. The second kappa shape index (κ2) is 37.6. The number of allylic oxidation sites excluding steroid dienone is 20. The topological polar surface area (TPSA) is 210 Å². The van der Waals surface area contributed by atoms with E-state index >= 15 is 0 Å². The molecule has 0 heterocycles. The van der Waals surface area contributed by atoms with Gasteiger partial charge in [-0.25, -0.2) is 4.57 Å². The molecule has 14 heteroatoms. The Kier molecular flexibility index (Phi) is 34.2. The second-order valence-electron chi connectivity index (χ2n) is 14.8. The summed E-state index contributed by atoms with van der Waals surface area (Å²) in [5.41, 5.74) is 0. The molecule has 0 aromatic heterocycles. The lowest BCUT2D eigenvalue weighted by molar-refractivity contribution is -0.220. The molecule has 0 radical (unpaired) electrons. The van der Waals surface area contributed by atoms with Gasteiger partial charge in [0.05, 0.1) is 6.61 Å². The lowest BCUT2D eigenvalue weighted by Crippen LogP contribution is -2.64. The van der Waals surface area contributed by atoms with Crippen molar-refractivity contribution in [1.29, 1.82) is 0 Å². The van der Waals surface area contributed by atoms with E-state index in [1.165, 1.54) is 0 Å². The van der Waals surface area contributed by atoms with Gasteiger partial charge in [0.15, 0.2) is 6.10 Å². The number of esters is 2. The zero-order chi connectivity index (χ0) is 46.4. The van der Waals surface area contributed by atoms with Crippen molar-refractivity contribution < 1.29 is 63.1 Å². The highest BCUT2D eigenvalue weighted by atomic mass is 31.2. The Morgan fingerprint density at radius 1 is 0.492 bits per heavy atom. The number of hydrogen-bond donors (Lipinski definition) is 6. The molecule has 6 atom stereocenters. The van der Waals surface area contributed by atoms with Gasteiger partial charge in [-0.2, -0.15) is 0 Å². The summed E-state index contributed by atoms with van der Waals surface area (Å²) in [5, 5.41) is 50.1. The van der Waals surface area contributed by atoms with E-state index in [9.17, 15) is 44.6 Å². The molecule has 0 aliphatic heterocycles. The molecule has 6 N–H and O–H groups in total. The van der Waals surface area contributed by atoms with E-state index in [4.69, 9.17) is 18.5 Å². The van der Waals surface area contributed by atoms with Crippen LogP contribution >= 0.6 is 7.82 Å². The van der Waals surface area contributed by atoms with E-state index in [2.05, 4.69) is 117 Å². The summed E-state index contributed by atoms with van der Waals surface area (Å²) in [6.45, 7) is 2.94. The van der Waals surface area contributed by atoms with Crippen LogP contribution in [0.3, 0.4) is 0 Å². The Morgan fingerprint density at radius 2 is 0.873 bits per heavy atom. The van der Waals surface area contributed by atoms with Crippen molar-refractivity contribution >= 4 is 19.8 Å². The molecule has 0 aromatic rings. The van der Waals surface area contributed by atoms with Gasteiger partial charge in [0.1, 0.15) is 43.2 Å². The van der Waals surface area contributed by atoms with Crippen molar-refractivity contribution in [2.75, 3.05) is 13.2 Å². The normalized spacial score (nSPS) is 22.9. The van der Waals surface area contributed by atoms with E-state index in [1.54, 1.807) is 0 Å². The Bertz CT molecular complexity index is 1560. The highest BCUT2D eigenvalue weighted by Crippen LogP contribution is 2.47. The Hall–Kier alpha value is -3.75. The van der Waals surface area contributed by atoms with Gasteiger partial charge in [-0.1, -0.05) is 135 Å². The van der Waals surface area contributed by atoms with Crippen LogP contribution in [0.15, 0.2) is 122 Å². The van der Waals surface area contributed by atoms with Crippen LogP contribution in [-0.4, -0.2) is 98.3 Å². The molecule has 1 aliphatic carbocycles. The smallest absolute Gasteiger partial charge is 0.462 e. The van der Waals surface area contributed by atoms with Crippen molar-refractivity contribution in [3.8, 4) is 0 Å². The first-order valence-electron chi connectivity index (χ1n) is 22.3. The number of hydrogen-bond acceptors (Lipinski definition) is 12. The molecule has 0 saturated heterocycles. The first-order chi connectivity index (χ1) is 30.4. The molecule has 13 nitrogen and oxygen atoms in total. The first kappa shape index (κ1) is 57.3. The van der Waals surface area contributed by atoms with Gasteiger partial charge in [0, 0.05) is 12.8 Å². The zero-order valence-electron chi connectivity index (χ0n) is 37.3. The summed E-state index contributed by atoms with van der Waals surface area (Å²) in [4.78, 5) is 35.6. The summed E-state index contributed by atoms with van der Waals surface area (Å²) in [6, 6.07) is 0. The highest BCUT2D eigenvalue weighted by Gasteiger charge is 2.51. The molecular formula is C49H75O13P. The molecule has 1 rings (SSSR count). The van der Waals surface area contributed by atoms with Crippen LogP contribution in [-0.2, 0) is 32.7 Å². The summed E-state index contributed by atoms with van der Waals surface area (Å²) in [6.07, 6.45) is 39.9. The average molecular weight is 903 g/mol. The van der Waals surface area contributed by atoms with Gasteiger partial charge < -0.3 is 39.9 Å². The van der Waals surface area contributed by atoms with Crippen LogP contribution in [0.25, 0.3) is 0 Å². The number of carbonyl (C=O) groups excluding carboxylic acids is 2. The van der Waals surface area contributed by atoms with E-state index < -0.39 is 75.7 Å². The number of phosphoric ester groups is 1. The third-order valence-electron chi connectivity index (χ3n) is 9.31. The monoisotopic (exact) mass is 902 g/mol.